The lowest BCUT2D eigenvalue weighted by atomic mass is 9.96. The van der Waals surface area contributed by atoms with Gasteiger partial charge in [0.25, 0.3) is 0 Å². The van der Waals surface area contributed by atoms with Gasteiger partial charge >= 0.3 is 6.03 Å². The Kier molecular flexibility index (Phi) is 4.81. The maximum atomic E-state index is 12.5. The van der Waals surface area contributed by atoms with Crippen LogP contribution in [0.4, 0.5) is 4.79 Å². The number of piperidine rings is 1. The first-order valence-corrected chi connectivity index (χ1v) is 9.34. The first kappa shape index (κ1) is 18.1. The van der Waals surface area contributed by atoms with Gasteiger partial charge in [-0.1, -0.05) is 30.3 Å². The lowest BCUT2D eigenvalue weighted by molar-refractivity contribution is -0.132. The number of benzene rings is 1. The number of urea groups is 1. The Labute approximate surface area is 162 Å². The molecule has 2 aliphatic rings. The van der Waals surface area contributed by atoms with Crippen LogP contribution in [0.1, 0.15) is 24.6 Å². The first-order valence-electron chi connectivity index (χ1n) is 9.34. The molecule has 4 amide bonds. The predicted octanol–water partition coefficient (Wildman–Crippen LogP) is 1.07. The highest BCUT2D eigenvalue weighted by Gasteiger charge is 2.35. The minimum Gasteiger partial charge on any atom is -0.341 e. The van der Waals surface area contributed by atoms with E-state index < -0.39 is 6.03 Å². The molecule has 0 atom stereocenters. The number of hydrogen-bond acceptors (Lipinski definition) is 5. The fourth-order valence-electron chi connectivity index (χ4n) is 3.62. The molecule has 0 saturated carbocycles. The number of likely N-dealkylation sites (tertiary alicyclic amines) is 1. The van der Waals surface area contributed by atoms with Crippen molar-refractivity contribution in [3.8, 4) is 11.4 Å². The third-order valence-corrected chi connectivity index (χ3v) is 5.35. The van der Waals surface area contributed by atoms with Gasteiger partial charge < -0.3 is 9.80 Å². The molecule has 0 bridgehead atoms. The number of carbonyl (C=O) groups is 3. The minimum absolute atomic E-state index is 0.0299. The molecule has 28 heavy (non-hydrogen) atoms. The summed E-state index contributed by atoms with van der Waals surface area (Å²) in [5, 5.41) is 7.34. The molecule has 0 aliphatic carbocycles. The third kappa shape index (κ3) is 3.47. The molecule has 2 aromatic rings. The Morgan fingerprint density at radius 2 is 1.89 bits per heavy atom. The van der Waals surface area contributed by atoms with Gasteiger partial charge in [-0.15, -0.1) is 0 Å². The van der Waals surface area contributed by atoms with Crippen molar-refractivity contribution in [3.05, 3.63) is 36.2 Å². The maximum absolute atomic E-state index is 12.5. The summed E-state index contributed by atoms with van der Waals surface area (Å²) in [7, 11) is 1.43. The Morgan fingerprint density at radius 3 is 2.54 bits per heavy atom. The van der Waals surface area contributed by atoms with E-state index in [1.54, 1.807) is 4.90 Å². The van der Waals surface area contributed by atoms with Gasteiger partial charge in [0, 0.05) is 31.6 Å². The summed E-state index contributed by atoms with van der Waals surface area (Å²) in [5.41, 5.74) is 0.965. The van der Waals surface area contributed by atoms with Crippen LogP contribution in [0, 0.1) is 0 Å². The van der Waals surface area contributed by atoms with Gasteiger partial charge in [-0.3, -0.25) is 19.6 Å². The average Bonchev–Trinajstić information content (AvgIpc) is 3.31. The van der Waals surface area contributed by atoms with Gasteiger partial charge in [0.2, 0.25) is 11.8 Å². The van der Waals surface area contributed by atoms with Crippen molar-refractivity contribution in [1.29, 1.82) is 0 Å². The Morgan fingerprint density at radius 1 is 1.18 bits per heavy atom. The van der Waals surface area contributed by atoms with E-state index >= 15 is 0 Å². The SMILES string of the molecule is CN1C(=O)CN(CC(=O)N2CCC(c3nc(-c4ccccc4)n[nH]3)CC2)C1=O. The minimum atomic E-state index is -0.414. The summed E-state index contributed by atoms with van der Waals surface area (Å²) >= 11 is 0. The molecule has 2 saturated heterocycles. The van der Waals surface area contributed by atoms with Crippen molar-refractivity contribution >= 4 is 17.8 Å². The quantitative estimate of drug-likeness (QED) is 0.797. The van der Waals surface area contributed by atoms with Crippen LogP contribution in [0.3, 0.4) is 0 Å². The van der Waals surface area contributed by atoms with Crippen LogP contribution in [-0.4, -0.2) is 81.0 Å². The highest BCUT2D eigenvalue weighted by atomic mass is 16.2. The van der Waals surface area contributed by atoms with E-state index in [1.165, 1.54) is 11.9 Å². The van der Waals surface area contributed by atoms with Crippen LogP contribution in [-0.2, 0) is 9.59 Å². The molecule has 1 aromatic heterocycles. The van der Waals surface area contributed by atoms with Crippen molar-refractivity contribution in [2.24, 2.45) is 0 Å². The van der Waals surface area contributed by atoms with Crippen molar-refractivity contribution < 1.29 is 14.4 Å². The van der Waals surface area contributed by atoms with Crippen LogP contribution < -0.4 is 0 Å². The number of aromatic nitrogens is 3. The topological polar surface area (TPSA) is 102 Å². The molecule has 0 radical (unpaired) electrons. The van der Waals surface area contributed by atoms with E-state index in [4.69, 9.17) is 0 Å². The summed E-state index contributed by atoms with van der Waals surface area (Å²) in [5.74, 6) is 1.33. The molecule has 1 aromatic carbocycles. The number of nitrogens with zero attached hydrogens (tertiary/aromatic N) is 5. The van der Waals surface area contributed by atoms with Crippen molar-refractivity contribution in [2.45, 2.75) is 18.8 Å². The van der Waals surface area contributed by atoms with Gasteiger partial charge in [0.05, 0.1) is 0 Å². The smallest absolute Gasteiger partial charge is 0.327 e. The summed E-state index contributed by atoms with van der Waals surface area (Å²) in [4.78, 5) is 44.7. The molecular weight excluding hydrogens is 360 g/mol. The number of H-pyrrole nitrogens is 1. The molecule has 146 valence electrons. The largest absolute Gasteiger partial charge is 0.341 e. The number of aromatic amines is 1. The van der Waals surface area contributed by atoms with Crippen molar-refractivity contribution in [3.63, 3.8) is 0 Å². The zero-order valence-corrected chi connectivity index (χ0v) is 15.7. The van der Waals surface area contributed by atoms with Crippen LogP contribution in [0.5, 0.6) is 0 Å². The van der Waals surface area contributed by atoms with E-state index in [2.05, 4.69) is 15.2 Å². The average molecular weight is 382 g/mol. The molecular formula is C19H22N6O3. The first-order chi connectivity index (χ1) is 13.5. The zero-order valence-electron chi connectivity index (χ0n) is 15.7. The zero-order chi connectivity index (χ0) is 19.7. The fraction of sp³-hybridized carbons (Fsp3) is 0.421. The summed E-state index contributed by atoms with van der Waals surface area (Å²) in [6, 6.07) is 9.38. The summed E-state index contributed by atoms with van der Waals surface area (Å²) in [6.45, 7) is 1.10. The molecule has 9 nitrogen and oxygen atoms in total. The van der Waals surface area contributed by atoms with Crippen LogP contribution in [0.15, 0.2) is 30.3 Å². The monoisotopic (exact) mass is 382 g/mol. The second-order valence-corrected chi connectivity index (χ2v) is 7.16. The number of rotatable bonds is 4. The predicted molar refractivity (Wildman–Crippen MR) is 100 cm³/mol. The van der Waals surface area contributed by atoms with E-state index in [9.17, 15) is 14.4 Å². The maximum Gasteiger partial charge on any atom is 0.327 e. The molecule has 0 unspecified atom stereocenters. The molecule has 1 N–H and O–H groups in total. The normalized spacial score (nSPS) is 18.2. The lowest BCUT2D eigenvalue weighted by Gasteiger charge is -2.32. The Hall–Kier alpha value is -3.23. The molecule has 4 rings (SSSR count). The highest BCUT2D eigenvalue weighted by Crippen LogP contribution is 2.27. The van der Waals surface area contributed by atoms with E-state index in [0.29, 0.717) is 18.9 Å². The fourth-order valence-corrected chi connectivity index (χ4v) is 3.62. The molecule has 3 heterocycles. The second-order valence-electron chi connectivity index (χ2n) is 7.16. The number of hydrogen-bond donors (Lipinski definition) is 1. The van der Waals surface area contributed by atoms with Crippen molar-refractivity contribution in [1.82, 2.24) is 29.9 Å². The highest BCUT2D eigenvalue weighted by molar-refractivity contribution is 6.03. The molecule has 2 fully saturated rings. The lowest BCUT2D eigenvalue weighted by Crippen LogP contribution is -2.44. The molecule has 9 heteroatoms. The van der Waals surface area contributed by atoms with Gasteiger partial charge in [-0.25, -0.2) is 9.78 Å². The third-order valence-electron chi connectivity index (χ3n) is 5.35. The van der Waals surface area contributed by atoms with Crippen LogP contribution in [0.2, 0.25) is 0 Å². The van der Waals surface area contributed by atoms with Gasteiger partial charge in [0.15, 0.2) is 5.82 Å². The summed E-state index contributed by atoms with van der Waals surface area (Å²) in [6.07, 6.45) is 1.56. The van der Waals surface area contributed by atoms with Gasteiger partial charge in [0.1, 0.15) is 18.9 Å². The van der Waals surface area contributed by atoms with Gasteiger partial charge in [-0.05, 0) is 12.8 Å². The van der Waals surface area contributed by atoms with E-state index in [1.807, 2.05) is 30.3 Å². The second kappa shape index (κ2) is 7.41. The Balaban J connectivity index is 1.32. The summed E-state index contributed by atoms with van der Waals surface area (Å²) < 4.78 is 0. The number of imide groups is 1. The molecule has 0 spiro atoms. The number of amides is 4. The standard InChI is InChI=1S/C19H22N6O3/c1-23-15(26)11-25(19(23)28)12-16(27)24-9-7-14(8-10-24)18-20-17(21-22-18)13-5-3-2-4-6-13/h2-6,14H,7-12H2,1H3,(H,20,21,22). The van der Waals surface area contributed by atoms with E-state index in [-0.39, 0.29) is 30.8 Å². The van der Waals surface area contributed by atoms with Crippen molar-refractivity contribution in [2.75, 3.05) is 33.2 Å². The number of nitrogens with one attached hydrogen (secondary N) is 1. The number of likely N-dealkylation sites (N-methyl/N-ethyl adjacent to an activating group) is 1. The van der Waals surface area contributed by atoms with Crippen LogP contribution in [0.25, 0.3) is 11.4 Å². The molecule has 2 aliphatic heterocycles. The Bertz CT molecular complexity index is 888. The number of carbonyl (C=O) groups excluding carboxylic acids is 3. The van der Waals surface area contributed by atoms with E-state index in [0.717, 1.165) is 29.1 Å². The van der Waals surface area contributed by atoms with Gasteiger partial charge in [-0.2, -0.15) is 5.10 Å². The van der Waals surface area contributed by atoms with Crippen LogP contribution >= 0.6 is 0 Å².